The molecule has 4 N–H and O–H groups in total. The lowest BCUT2D eigenvalue weighted by Gasteiger charge is -2.27. The summed E-state index contributed by atoms with van der Waals surface area (Å²) in [4.78, 5) is 34.6. The number of nitrogens with one attached hydrogen (secondary N) is 3. The fourth-order valence-corrected chi connectivity index (χ4v) is 4.59. The van der Waals surface area contributed by atoms with Gasteiger partial charge in [0.05, 0.1) is 23.7 Å². The van der Waals surface area contributed by atoms with Gasteiger partial charge in [0.1, 0.15) is 12.4 Å². The van der Waals surface area contributed by atoms with Gasteiger partial charge in [0, 0.05) is 37.8 Å². The third-order valence-electron chi connectivity index (χ3n) is 6.73. The zero-order chi connectivity index (χ0) is 28.6. The summed E-state index contributed by atoms with van der Waals surface area (Å²) in [5.74, 6) is -2.66. The molecule has 0 aromatic heterocycles. The Morgan fingerprint density at radius 1 is 1.15 bits per heavy atom. The molecular formula is C27H32F3N3O6. The number of hydrogen-bond donors (Lipinski definition) is 4. The number of rotatable bonds is 7. The van der Waals surface area contributed by atoms with Gasteiger partial charge in [0.15, 0.2) is 0 Å². The fourth-order valence-electron chi connectivity index (χ4n) is 4.59. The zero-order valence-corrected chi connectivity index (χ0v) is 21.7. The van der Waals surface area contributed by atoms with Gasteiger partial charge in [-0.1, -0.05) is 37.3 Å². The molecule has 1 saturated heterocycles. The largest absolute Gasteiger partial charge is 0.491 e. The number of carboxylic acids is 1. The highest BCUT2D eigenvalue weighted by Crippen LogP contribution is 2.47. The molecule has 2 aromatic carbocycles. The monoisotopic (exact) mass is 551 g/mol. The molecule has 12 heteroatoms. The van der Waals surface area contributed by atoms with Crippen LogP contribution in [0, 0.1) is 0 Å². The van der Waals surface area contributed by atoms with Crippen molar-refractivity contribution in [2.75, 3.05) is 39.9 Å². The predicted octanol–water partition coefficient (Wildman–Crippen LogP) is 2.88. The maximum absolute atomic E-state index is 13.0. The van der Waals surface area contributed by atoms with Crippen molar-refractivity contribution in [3.05, 3.63) is 64.7 Å². The van der Waals surface area contributed by atoms with Crippen LogP contribution in [0.1, 0.15) is 51.6 Å². The minimum absolute atomic E-state index is 0.102. The highest BCUT2D eigenvalue weighted by Gasteiger charge is 2.43. The number of carbonyl (C=O) groups excluding carboxylic acids is 2. The van der Waals surface area contributed by atoms with E-state index in [0.717, 1.165) is 37.1 Å². The molecule has 2 aliphatic rings. The quantitative estimate of drug-likeness (QED) is 0.417. The van der Waals surface area contributed by atoms with Crippen LogP contribution >= 0.6 is 0 Å². The van der Waals surface area contributed by atoms with E-state index in [9.17, 15) is 22.8 Å². The van der Waals surface area contributed by atoms with Gasteiger partial charge in [-0.2, -0.15) is 13.2 Å². The van der Waals surface area contributed by atoms with Gasteiger partial charge in [0.2, 0.25) is 0 Å². The molecule has 2 heterocycles. The second-order valence-corrected chi connectivity index (χ2v) is 9.11. The molecule has 39 heavy (non-hydrogen) atoms. The molecule has 1 fully saturated rings. The first-order chi connectivity index (χ1) is 18.5. The number of carboxylic acid groups (broad SMARTS) is 1. The Morgan fingerprint density at radius 2 is 1.85 bits per heavy atom. The second-order valence-electron chi connectivity index (χ2n) is 9.11. The average molecular weight is 552 g/mol. The van der Waals surface area contributed by atoms with Crippen molar-refractivity contribution in [2.24, 2.45) is 0 Å². The highest BCUT2D eigenvalue weighted by atomic mass is 19.4. The summed E-state index contributed by atoms with van der Waals surface area (Å²) in [5.41, 5.74) is 2.45. The lowest BCUT2D eigenvalue weighted by Crippen LogP contribution is -2.40. The Bertz CT molecular complexity index is 1170. The van der Waals surface area contributed by atoms with Crippen LogP contribution in [0.2, 0.25) is 0 Å². The molecule has 212 valence electrons. The number of morpholine rings is 1. The molecule has 2 atom stereocenters. The summed E-state index contributed by atoms with van der Waals surface area (Å²) in [6.07, 6.45) is -3.46. The highest BCUT2D eigenvalue weighted by molar-refractivity contribution is 6.02. The van der Waals surface area contributed by atoms with Gasteiger partial charge in [0.25, 0.3) is 11.8 Å². The summed E-state index contributed by atoms with van der Waals surface area (Å²) >= 11 is 0. The molecule has 2 amide bonds. The minimum atomic E-state index is -5.08. The normalized spacial score (nSPS) is 20.1. The van der Waals surface area contributed by atoms with E-state index in [0.29, 0.717) is 36.6 Å². The summed E-state index contributed by atoms with van der Waals surface area (Å²) in [6.45, 7) is 5.40. The molecule has 2 aliphatic heterocycles. The fraction of sp³-hybridized carbons (Fsp3) is 0.444. The first-order valence-electron chi connectivity index (χ1n) is 12.5. The number of ether oxygens (including phenoxy) is 2. The Kier molecular flexibility index (Phi) is 9.92. The standard InChI is InChI=1S/C25H31N3O4.C2HF3O2/c1-3-25(18-7-5-4-6-8-18)16-32-22-20(24(30)26-2)13-17(14-21(22)25)23(29)28-10-9-19-15-27-11-12-31-19;3-2(4,5)1(6)7/h4-8,13-14,19,27H,3,9-12,15-16H2,1-2H3,(H,26,30)(H,28,29);(H,6,7)/t19-,25-;/m1./s1. The van der Waals surface area contributed by atoms with E-state index in [1.165, 1.54) is 0 Å². The van der Waals surface area contributed by atoms with Crippen molar-refractivity contribution in [2.45, 2.75) is 37.5 Å². The zero-order valence-electron chi connectivity index (χ0n) is 21.7. The molecule has 2 aromatic rings. The molecule has 0 spiro atoms. The van der Waals surface area contributed by atoms with E-state index in [2.05, 4.69) is 35.0 Å². The predicted molar refractivity (Wildman–Crippen MR) is 136 cm³/mol. The SMILES string of the molecule is CC[C@]1(c2ccccc2)COc2c(C(=O)NC)cc(C(=O)NCC[C@@H]3CNCCO3)cc21.O=C(O)C(F)(F)F. The van der Waals surface area contributed by atoms with Crippen molar-refractivity contribution in [3.63, 3.8) is 0 Å². The van der Waals surface area contributed by atoms with Crippen LogP contribution in [-0.2, 0) is 14.9 Å². The number of hydrogen-bond acceptors (Lipinski definition) is 6. The van der Waals surface area contributed by atoms with Crippen LogP contribution in [0.5, 0.6) is 5.75 Å². The van der Waals surface area contributed by atoms with Crippen LogP contribution in [0.25, 0.3) is 0 Å². The average Bonchev–Trinajstić information content (AvgIpc) is 3.32. The number of benzene rings is 2. The summed E-state index contributed by atoms with van der Waals surface area (Å²) in [7, 11) is 1.58. The minimum Gasteiger partial charge on any atom is -0.491 e. The summed E-state index contributed by atoms with van der Waals surface area (Å²) in [5, 5.41) is 16.1. The van der Waals surface area contributed by atoms with E-state index in [-0.39, 0.29) is 17.9 Å². The number of aliphatic carboxylic acids is 1. The van der Waals surface area contributed by atoms with Gasteiger partial charge in [-0.05, 0) is 30.5 Å². The molecule has 0 radical (unpaired) electrons. The lowest BCUT2D eigenvalue weighted by molar-refractivity contribution is -0.192. The molecule has 0 saturated carbocycles. The Labute approximate surface area is 224 Å². The summed E-state index contributed by atoms with van der Waals surface area (Å²) < 4.78 is 43.5. The van der Waals surface area contributed by atoms with Crippen LogP contribution < -0.4 is 20.7 Å². The van der Waals surface area contributed by atoms with Gasteiger partial charge in [-0.25, -0.2) is 4.79 Å². The van der Waals surface area contributed by atoms with Gasteiger partial charge in [-0.15, -0.1) is 0 Å². The van der Waals surface area contributed by atoms with Crippen molar-refractivity contribution >= 4 is 17.8 Å². The van der Waals surface area contributed by atoms with Gasteiger partial charge < -0.3 is 30.5 Å². The molecule has 9 nitrogen and oxygen atoms in total. The van der Waals surface area contributed by atoms with Crippen LogP contribution in [0.4, 0.5) is 13.2 Å². The number of fused-ring (bicyclic) bond motifs is 1. The lowest BCUT2D eigenvalue weighted by atomic mass is 9.73. The number of halogens is 3. The molecule has 0 bridgehead atoms. The van der Waals surface area contributed by atoms with Crippen LogP contribution in [-0.4, -0.2) is 75.1 Å². The van der Waals surface area contributed by atoms with Crippen molar-refractivity contribution in [3.8, 4) is 5.75 Å². The number of alkyl halides is 3. The summed E-state index contributed by atoms with van der Waals surface area (Å²) in [6, 6.07) is 13.7. The molecule has 0 unspecified atom stereocenters. The topological polar surface area (TPSA) is 126 Å². The van der Waals surface area contributed by atoms with Crippen molar-refractivity contribution in [1.82, 2.24) is 16.0 Å². The first kappa shape index (κ1) is 29.9. The molecular weight excluding hydrogens is 519 g/mol. The number of amides is 2. The third-order valence-corrected chi connectivity index (χ3v) is 6.73. The molecule has 0 aliphatic carbocycles. The smallest absolute Gasteiger partial charge is 0.490 e. The van der Waals surface area contributed by atoms with Crippen LogP contribution in [0.15, 0.2) is 42.5 Å². The van der Waals surface area contributed by atoms with E-state index >= 15 is 0 Å². The van der Waals surface area contributed by atoms with Gasteiger partial charge in [-0.3, -0.25) is 9.59 Å². The Balaban J connectivity index is 0.000000532. The van der Waals surface area contributed by atoms with E-state index < -0.39 is 17.6 Å². The van der Waals surface area contributed by atoms with Crippen molar-refractivity contribution < 1.29 is 42.1 Å². The molecule has 4 rings (SSSR count). The van der Waals surface area contributed by atoms with Crippen molar-refractivity contribution in [1.29, 1.82) is 0 Å². The Morgan fingerprint density at radius 3 is 2.41 bits per heavy atom. The van der Waals surface area contributed by atoms with E-state index in [1.807, 2.05) is 24.3 Å². The van der Waals surface area contributed by atoms with E-state index in [4.69, 9.17) is 19.4 Å². The first-order valence-corrected chi connectivity index (χ1v) is 12.5. The third kappa shape index (κ3) is 7.07. The van der Waals surface area contributed by atoms with Crippen LogP contribution in [0.3, 0.4) is 0 Å². The number of carbonyl (C=O) groups is 3. The maximum Gasteiger partial charge on any atom is 0.490 e. The van der Waals surface area contributed by atoms with E-state index in [1.54, 1.807) is 13.1 Å². The Hall–Kier alpha value is -3.64. The van der Waals surface area contributed by atoms with Gasteiger partial charge >= 0.3 is 12.1 Å². The maximum atomic E-state index is 13.0. The second kappa shape index (κ2) is 12.9.